The maximum Gasteiger partial charge on any atom is 0.188 e. The van der Waals surface area contributed by atoms with Gasteiger partial charge in [-0.2, -0.15) is 0 Å². The van der Waals surface area contributed by atoms with Crippen LogP contribution < -0.4 is 0 Å². The fourth-order valence-electron chi connectivity index (χ4n) is 3.32. The molecule has 0 saturated heterocycles. The van der Waals surface area contributed by atoms with E-state index < -0.39 is 0 Å². The lowest BCUT2D eigenvalue weighted by molar-refractivity contribution is 0.102. The summed E-state index contributed by atoms with van der Waals surface area (Å²) >= 11 is 7.45. The first-order valence-electron chi connectivity index (χ1n) is 9.07. The molecule has 0 spiro atoms. The maximum atomic E-state index is 12.4. The third-order valence-electron chi connectivity index (χ3n) is 4.71. The first kappa shape index (κ1) is 18.2. The summed E-state index contributed by atoms with van der Waals surface area (Å²) in [6.07, 6.45) is 4.28. The molecule has 1 heterocycles. The number of hydrogen-bond donors (Lipinski definition) is 0. The average Bonchev–Trinajstić information content (AvgIpc) is 2.72. The van der Waals surface area contributed by atoms with E-state index >= 15 is 0 Å². The summed E-state index contributed by atoms with van der Waals surface area (Å²) in [5.41, 5.74) is 5.11. The van der Waals surface area contributed by atoms with E-state index in [1.54, 1.807) is 0 Å². The van der Waals surface area contributed by atoms with Crippen molar-refractivity contribution in [2.75, 3.05) is 5.75 Å². The number of nitrogens with zero attached hydrogens (tertiary/aromatic N) is 2. The number of hydrogen-bond acceptors (Lipinski definition) is 4. The molecule has 0 radical (unpaired) electrons. The van der Waals surface area contributed by atoms with Crippen molar-refractivity contribution in [3.8, 4) is 11.3 Å². The Morgan fingerprint density at radius 1 is 0.963 bits per heavy atom. The molecule has 0 fully saturated rings. The predicted molar refractivity (Wildman–Crippen MR) is 111 cm³/mol. The molecule has 5 heteroatoms. The Kier molecular flexibility index (Phi) is 5.55. The van der Waals surface area contributed by atoms with E-state index in [2.05, 4.69) is 0 Å². The predicted octanol–water partition coefficient (Wildman–Crippen LogP) is 5.65. The minimum atomic E-state index is 0.0926. The van der Waals surface area contributed by atoms with Crippen LogP contribution in [-0.4, -0.2) is 21.5 Å². The van der Waals surface area contributed by atoms with Gasteiger partial charge in [-0.25, -0.2) is 9.97 Å². The first-order valence-corrected chi connectivity index (χ1v) is 10.4. The van der Waals surface area contributed by atoms with Crippen LogP contribution in [0.2, 0.25) is 5.02 Å². The van der Waals surface area contributed by atoms with Gasteiger partial charge in [0.15, 0.2) is 10.9 Å². The second-order valence-corrected chi connectivity index (χ2v) is 7.95. The number of rotatable bonds is 5. The van der Waals surface area contributed by atoms with Gasteiger partial charge in [-0.05, 0) is 37.8 Å². The number of ketones is 1. The van der Waals surface area contributed by atoms with Crippen LogP contribution in [0.5, 0.6) is 0 Å². The van der Waals surface area contributed by atoms with Crippen LogP contribution in [0.1, 0.15) is 34.5 Å². The maximum absolute atomic E-state index is 12.4. The van der Waals surface area contributed by atoms with Gasteiger partial charge in [0.1, 0.15) is 0 Å². The molecule has 2 aromatic carbocycles. The third kappa shape index (κ3) is 4.23. The van der Waals surface area contributed by atoms with E-state index in [9.17, 15) is 4.79 Å². The minimum Gasteiger partial charge on any atom is -0.293 e. The number of aryl methyl sites for hydroxylation is 1. The highest BCUT2D eigenvalue weighted by atomic mass is 35.5. The molecule has 0 bridgehead atoms. The number of halogens is 1. The molecule has 27 heavy (non-hydrogen) atoms. The second-order valence-electron chi connectivity index (χ2n) is 6.57. The molecule has 4 rings (SSSR count). The largest absolute Gasteiger partial charge is 0.293 e. The number of fused-ring (bicyclic) bond motifs is 1. The monoisotopic (exact) mass is 394 g/mol. The number of carbonyl (C=O) groups excluding carboxylic acids is 1. The number of benzene rings is 2. The van der Waals surface area contributed by atoms with Crippen molar-refractivity contribution < 1.29 is 4.79 Å². The molecular formula is C22H19ClN2OS. The van der Waals surface area contributed by atoms with Crippen molar-refractivity contribution in [3.05, 3.63) is 76.4 Å². The summed E-state index contributed by atoms with van der Waals surface area (Å²) < 4.78 is 0. The quantitative estimate of drug-likeness (QED) is 0.318. The van der Waals surface area contributed by atoms with Gasteiger partial charge in [0.2, 0.25) is 0 Å². The number of carbonyl (C=O) groups is 1. The Bertz CT molecular complexity index is 958. The fraction of sp³-hybridized carbons (Fsp3) is 0.227. The van der Waals surface area contributed by atoms with Crippen LogP contribution in [0.25, 0.3) is 11.3 Å². The summed E-state index contributed by atoms with van der Waals surface area (Å²) in [5, 5.41) is 1.38. The van der Waals surface area contributed by atoms with E-state index in [0.717, 1.165) is 48.2 Å². The summed E-state index contributed by atoms with van der Waals surface area (Å²) in [5.74, 6) is 0.429. The van der Waals surface area contributed by atoms with Crippen molar-refractivity contribution in [1.29, 1.82) is 0 Å². The minimum absolute atomic E-state index is 0.0926. The van der Waals surface area contributed by atoms with Crippen LogP contribution in [0.4, 0.5) is 0 Å². The Labute approximate surface area is 168 Å². The third-order valence-corrected chi connectivity index (χ3v) is 5.81. The Hall–Kier alpha value is -2.17. The first-order chi connectivity index (χ1) is 13.2. The van der Waals surface area contributed by atoms with Gasteiger partial charge >= 0.3 is 0 Å². The van der Waals surface area contributed by atoms with E-state index in [1.807, 2.05) is 54.6 Å². The van der Waals surface area contributed by atoms with Crippen molar-refractivity contribution in [2.24, 2.45) is 0 Å². The lowest BCUT2D eigenvalue weighted by Gasteiger charge is -2.19. The molecule has 1 aliphatic rings. The van der Waals surface area contributed by atoms with E-state index in [1.165, 1.54) is 17.3 Å². The van der Waals surface area contributed by atoms with Crippen molar-refractivity contribution in [3.63, 3.8) is 0 Å². The lowest BCUT2D eigenvalue weighted by Crippen LogP contribution is -2.11. The van der Waals surface area contributed by atoms with Gasteiger partial charge in [-0.1, -0.05) is 65.8 Å². The summed E-state index contributed by atoms with van der Waals surface area (Å²) in [6, 6.07) is 17.1. The summed E-state index contributed by atoms with van der Waals surface area (Å²) in [7, 11) is 0. The van der Waals surface area contributed by atoms with Gasteiger partial charge in [-0.3, -0.25) is 4.79 Å². The van der Waals surface area contributed by atoms with Gasteiger partial charge in [0.25, 0.3) is 0 Å². The number of Topliss-reactive ketones (excluding diaryl/α,β-unsaturated/α-hetero) is 1. The molecule has 0 unspecified atom stereocenters. The van der Waals surface area contributed by atoms with Gasteiger partial charge in [-0.15, -0.1) is 0 Å². The Morgan fingerprint density at radius 3 is 2.48 bits per heavy atom. The van der Waals surface area contributed by atoms with Gasteiger partial charge in [0, 0.05) is 27.4 Å². The number of aromatic nitrogens is 2. The molecule has 1 aliphatic carbocycles. The molecule has 136 valence electrons. The summed E-state index contributed by atoms with van der Waals surface area (Å²) in [6.45, 7) is 0. The van der Waals surface area contributed by atoms with Crippen LogP contribution >= 0.6 is 23.4 Å². The van der Waals surface area contributed by atoms with Crippen LogP contribution in [-0.2, 0) is 12.8 Å². The highest BCUT2D eigenvalue weighted by Crippen LogP contribution is 2.32. The molecule has 1 aromatic heterocycles. The van der Waals surface area contributed by atoms with Crippen molar-refractivity contribution in [2.45, 2.75) is 30.8 Å². The van der Waals surface area contributed by atoms with Gasteiger partial charge in [0.05, 0.1) is 11.4 Å². The van der Waals surface area contributed by atoms with E-state index in [4.69, 9.17) is 21.6 Å². The van der Waals surface area contributed by atoms with Crippen LogP contribution in [0.3, 0.4) is 0 Å². The van der Waals surface area contributed by atoms with Crippen molar-refractivity contribution >= 4 is 29.1 Å². The SMILES string of the molecule is O=C(CSc1nc2c(c(-c3ccc(Cl)cc3)n1)CCCC2)c1ccccc1. The smallest absolute Gasteiger partial charge is 0.188 e. The molecule has 3 nitrogen and oxygen atoms in total. The van der Waals surface area contributed by atoms with E-state index in [0.29, 0.717) is 15.9 Å². The standard InChI is InChI=1S/C22H19ClN2OS/c23-17-12-10-16(11-13-17)21-18-8-4-5-9-19(18)24-22(25-21)27-14-20(26)15-6-2-1-3-7-15/h1-3,6-7,10-13H,4-5,8-9,14H2. The molecule has 0 saturated carbocycles. The van der Waals surface area contributed by atoms with Crippen LogP contribution in [0.15, 0.2) is 59.8 Å². The summed E-state index contributed by atoms with van der Waals surface area (Å²) in [4.78, 5) is 22.0. The zero-order chi connectivity index (χ0) is 18.6. The normalized spacial score (nSPS) is 13.2. The second kappa shape index (κ2) is 8.24. The molecule has 0 N–H and O–H groups in total. The zero-order valence-electron chi connectivity index (χ0n) is 14.8. The van der Waals surface area contributed by atoms with Crippen molar-refractivity contribution in [1.82, 2.24) is 9.97 Å². The lowest BCUT2D eigenvalue weighted by atomic mass is 9.92. The Balaban J connectivity index is 1.62. The molecular weight excluding hydrogens is 376 g/mol. The highest BCUT2D eigenvalue weighted by molar-refractivity contribution is 7.99. The van der Waals surface area contributed by atoms with Gasteiger partial charge < -0.3 is 0 Å². The highest BCUT2D eigenvalue weighted by Gasteiger charge is 2.19. The Morgan fingerprint density at radius 2 is 1.70 bits per heavy atom. The molecule has 0 amide bonds. The molecule has 3 aromatic rings. The zero-order valence-corrected chi connectivity index (χ0v) is 16.4. The fourth-order valence-corrected chi connectivity index (χ4v) is 4.20. The average molecular weight is 395 g/mol. The molecule has 0 aliphatic heterocycles. The van der Waals surface area contributed by atoms with E-state index in [-0.39, 0.29) is 5.78 Å². The molecule has 0 atom stereocenters. The topological polar surface area (TPSA) is 42.9 Å². The number of thioether (sulfide) groups is 1. The van der Waals surface area contributed by atoms with Crippen LogP contribution in [0, 0.1) is 0 Å².